The van der Waals surface area contributed by atoms with Gasteiger partial charge < -0.3 is 0 Å². The second-order valence-corrected chi connectivity index (χ2v) is 18.6. The van der Waals surface area contributed by atoms with Crippen molar-refractivity contribution in [1.82, 2.24) is 0 Å². The number of aryl methyl sites for hydroxylation is 2. The first-order valence-electron chi connectivity index (χ1n) is 19.4. The Labute approximate surface area is 338 Å². The summed E-state index contributed by atoms with van der Waals surface area (Å²) < 4.78 is 0. The summed E-state index contributed by atoms with van der Waals surface area (Å²) in [4.78, 5) is 0. The van der Waals surface area contributed by atoms with E-state index in [1.165, 1.54) is 117 Å². The van der Waals surface area contributed by atoms with Crippen molar-refractivity contribution in [2.24, 2.45) is 0 Å². The van der Waals surface area contributed by atoms with Crippen molar-refractivity contribution in [3.63, 3.8) is 0 Å². The number of hydrogen-bond donors (Lipinski definition) is 0. The van der Waals surface area contributed by atoms with Gasteiger partial charge in [-0.2, -0.15) is 12.1 Å². The van der Waals surface area contributed by atoms with Crippen LogP contribution in [0.4, 0.5) is 0 Å². The molecule has 52 heavy (non-hydrogen) atoms. The topological polar surface area (TPSA) is 0 Å². The molecular formula is C48H60Cl2SiZr. The summed E-state index contributed by atoms with van der Waals surface area (Å²) in [5.41, 5.74) is 11.5. The van der Waals surface area contributed by atoms with Crippen LogP contribution in [0.25, 0.3) is 43.8 Å². The van der Waals surface area contributed by atoms with Crippen LogP contribution < -0.4 is 0 Å². The van der Waals surface area contributed by atoms with Gasteiger partial charge in [0.1, 0.15) is 0 Å². The quantitative estimate of drug-likeness (QED) is 0.0852. The molecular weight excluding hydrogens is 767 g/mol. The molecule has 2 unspecified atom stereocenters. The molecule has 0 aromatic heterocycles. The zero-order chi connectivity index (χ0) is 37.9. The molecule has 6 rings (SSSR count). The summed E-state index contributed by atoms with van der Waals surface area (Å²) in [7, 11) is 11.0. The van der Waals surface area contributed by atoms with E-state index in [4.69, 9.17) is 17.0 Å². The van der Waals surface area contributed by atoms with Crippen molar-refractivity contribution in [2.45, 2.75) is 118 Å². The summed E-state index contributed by atoms with van der Waals surface area (Å²) >= 11 is -0.826. The van der Waals surface area contributed by atoms with Gasteiger partial charge in [0.15, 0.2) is 0 Å². The standard InChI is InChI=1S/2C23H27.C2H6Si.2ClH.Zr/c2*1-4-6-10-19-13-14-20-15-21(17(3)5-2)16-22(20)23(19)18-11-8-7-9-12-18;1-3-2;;;/h2*7-9,11-17H,4-6,10H2,1-3H3;1-2H3;2*1H;/q2*-1;;;;+4/p-2. The Morgan fingerprint density at radius 1 is 0.577 bits per heavy atom. The Bertz CT molecular complexity index is 1720. The monoisotopic (exact) mass is 824 g/mol. The number of rotatable bonds is 12. The van der Waals surface area contributed by atoms with Crippen molar-refractivity contribution < 1.29 is 20.8 Å². The van der Waals surface area contributed by atoms with Crippen LogP contribution in [0.15, 0.2) is 109 Å². The molecule has 0 nitrogen and oxygen atoms in total. The average molecular weight is 827 g/mol. The van der Waals surface area contributed by atoms with Gasteiger partial charge in [-0.25, -0.2) is 0 Å². The maximum absolute atomic E-state index is 4.93. The van der Waals surface area contributed by atoms with Crippen LogP contribution in [-0.4, -0.2) is 9.52 Å². The number of hydrogen-bond acceptors (Lipinski definition) is 0. The molecule has 2 atom stereocenters. The van der Waals surface area contributed by atoms with E-state index in [2.05, 4.69) is 164 Å². The molecule has 0 saturated carbocycles. The molecule has 0 aliphatic rings. The molecule has 274 valence electrons. The van der Waals surface area contributed by atoms with Crippen LogP contribution in [0.2, 0.25) is 13.1 Å². The van der Waals surface area contributed by atoms with E-state index in [9.17, 15) is 0 Å². The van der Waals surface area contributed by atoms with E-state index in [0.717, 1.165) is 9.52 Å². The van der Waals surface area contributed by atoms with Crippen molar-refractivity contribution in [2.75, 3.05) is 0 Å². The van der Waals surface area contributed by atoms with Gasteiger partial charge in [0, 0.05) is 9.52 Å². The van der Waals surface area contributed by atoms with Gasteiger partial charge in [0.2, 0.25) is 0 Å². The van der Waals surface area contributed by atoms with E-state index in [-0.39, 0.29) is 0 Å². The second kappa shape index (κ2) is 24.2. The van der Waals surface area contributed by atoms with Crippen LogP contribution in [-0.2, 0) is 33.7 Å². The molecule has 0 aliphatic heterocycles. The fourth-order valence-corrected chi connectivity index (χ4v) is 6.78. The van der Waals surface area contributed by atoms with Crippen LogP contribution in [0, 0.1) is 0 Å². The molecule has 0 aliphatic carbocycles. The Morgan fingerprint density at radius 3 is 1.23 bits per heavy atom. The summed E-state index contributed by atoms with van der Waals surface area (Å²) in [6.07, 6.45) is 9.71. The van der Waals surface area contributed by atoms with Gasteiger partial charge in [0.05, 0.1) is 0 Å². The fourth-order valence-electron chi connectivity index (χ4n) is 6.78. The van der Waals surface area contributed by atoms with Gasteiger partial charge >= 0.3 is 37.9 Å². The summed E-state index contributed by atoms with van der Waals surface area (Å²) in [6.45, 7) is 18.0. The van der Waals surface area contributed by atoms with Gasteiger partial charge in [-0.05, 0) is 48.6 Å². The van der Waals surface area contributed by atoms with Crippen LogP contribution in [0.3, 0.4) is 0 Å². The molecule has 4 heteroatoms. The van der Waals surface area contributed by atoms with Gasteiger partial charge in [-0.1, -0.05) is 163 Å². The Hall–Kier alpha value is -2.22. The third-order valence-corrected chi connectivity index (χ3v) is 10.1. The van der Waals surface area contributed by atoms with Gasteiger partial charge in [0.25, 0.3) is 0 Å². The summed E-state index contributed by atoms with van der Waals surface area (Å²) in [5.74, 6) is 1.26. The number of benzene rings is 4. The Kier molecular flexibility index (Phi) is 20.6. The summed E-state index contributed by atoms with van der Waals surface area (Å²) in [5, 5.41) is 5.64. The molecule has 2 radical (unpaired) electrons. The van der Waals surface area contributed by atoms with E-state index >= 15 is 0 Å². The third-order valence-electron chi connectivity index (χ3n) is 10.1. The number of halogens is 2. The number of unbranched alkanes of at least 4 members (excludes halogenated alkanes) is 2. The normalized spacial score (nSPS) is 11.7. The number of fused-ring (bicyclic) bond motifs is 2. The van der Waals surface area contributed by atoms with Crippen molar-refractivity contribution in [3.05, 3.63) is 131 Å². The van der Waals surface area contributed by atoms with E-state index < -0.39 is 20.8 Å². The van der Waals surface area contributed by atoms with Crippen molar-refractivity contribution >= 4 is 48.1 Å². The minimum atomic E-state index is -0.826. The van der Waals surface area contributed by atoms with Crippen LogP contribution in [0.5, 0.6) is 0 Å². The minimum absolute atomic E-state index is 0.630. The molecule has 0 N–H and O–H groups in total. The predicted octanol–water partition coefficient (Wildman–Crippen LogP) is 16.3. The first kappa shape index (κ1) is 44.2. The van der Waals surface area contributed by atoms with E-state index in [0.29, 0.717) is 11.8 Å². The van der Waals surface area contributed by atoms with Crippen LogP contribution >= 0.6 is 17.0 Å². The van der Waals surface area contributed by atoms with Gasteiger partial charge in [-0.15, -0.1) is 69.1 Å². The van der Waals surface area contributed by atoms with Gasteiger partial charge in [-0.3, -0.25) is 0 Å². The van der Waals surface area contributed by atoms with E-state index in [1.54, 1.807) is 0 Å². The second-order valence-electron chi connectivity index (χ2n) is 13.9. The summed E-state index contributed by atoms with van der Waals surface area (Å²) in [6, 6.07) is 40.8. The Balaban J connectivity index is 0.000000244. The SMILES string of the molecule is CCCCc1ccc2[cH-]c(C(C)CC)cc2c1-c1ccccc1.CCCCc1ccc2[cH-]c(C(C)CC)cc2c1-c1ccccc1.C[Si]C.[Cl][Zr+2][Cl]. The third kappa shape index (κ3) is 12.4. The first-order chi connectivity index (χ1) is 25.3. The maximum atomic E-state index is 4.93. The molecule has 0 heterocycles. The zero-order valence-electron chi connectivity index (χ0n) is 33.0. The average Bonchev–Trinajstić information content (AvgIpc) is 3.82. The predicted molar refractivity (Wildman–Crippen MR) is 234 cm³/mol. The molecule has 0 fully saturated rings. The van der Waals surface area contributed by atoms with Crippen molar-refractivity contribution in [3.8, 4) is 22.3 Å². The Morgan fingerprint density at radius 2 is 0.923 bits per heavy atom. The van der Waals surface area contributed by atoms with Crippen molar-refractivity contribution in [1.29, 1.82) is 0 Å². The molecule has 0 bridgehead atoms. The van der Waals surface area contributed by atoms with Crippen LogP contribution in [0.1, 0.15) is 114 Å². The zero-order valence-corrected chi connectivity index (χ0v) is 37.9. The first-order valence-corrected chi connectivity index (χ1v) is 27.7. The fraction of sp³-hybridized carbons (Fsp3) is 0.375. The molecule has 0 amide bonds. The molecule has 6 aromatic rings. The molecule has 6 aromatic carbocycles. The molecule has 0 spiro atoms. The van der Waals surface area contributed by atoms with E-state index in [1.807, 2.05) is 0 Å². The molecule has 0 saturated heterocycles.